The molecule has 3 rings (SSSR count). The maximum atomic E-state index is 13.3. The van der Waals surface area contributed by atoms with E-state index in [-0.39, 0.29) is 16.5 Å². The van der Waals surface area contributed by atoms with Crippen LogP contribution in [-0.2, 0) is 17.5 Å². The summed E-state index contributed by atoms with van der Waals surface area (Å²) >= 11 is 6.74. The smallest absolute Gasteiger partial charge is 0.418 e. The molecule has 0 aliphatic rings. The number of ether oxygens (including phenoxy) is 2. The molecular weight excluding hydrogens is 493 g/mol. The van der Waals surface area contributed by atoms with Crippen molar-refractivity contribution in [1.82, 2.24) is 14.8 Å². The molecule has 0 fully saturated rings. The van der Waals surface area contributed by atoms with Crippen molar-refractivity contribution in [2.45, 2.75) is 37.8 Å². The third kappa shape index (κ3) is 6.15. The highest BCUT2D eigenvalue weighted by Crippen LogP contribution is 2.37. The first-order valence-corrected chi connectivity index (χ1v) is 11.5. The molecule has 1 N–H and O–H groups in total. The van der Waals surface area contributed by atoms with Crippen molar-refractivity contribution in [2.75, 3.05) is 18.2 Å². The number of nitrogens with one attached hydrogen (secondary N) is 1. The van der Waals surface area contributed by atoms with Crippen LogP contribution in [-0.4, -0.2) is 33.5 Å². The minimum absolute atomic E-state index is 0.0762. The van der Waals surface area contributed by atoms with Crippen LogP contribution in [0.1, 0.15) is 31.3 Å². The molecule has 0 radical (unpaired) electrons. The second kappa shape index (κ2) is 11.0. The number of hydrogen-bond acceptors (Lipinski definition) is 6. The van der Waals surface area contributed by atoms with Crippen LogP contribution in [0.3, 0.4) is 0 Å². The monoisotopic (exact) mass is 514 g/mol. The number of hydrogen-bond donors (Lipinski definition) is 1. The van der Waals surface area contributed by atoms with Gasteiger partial charge in [-0.25, -0.2) is 0 Å². The van der Waals surface area contributed by atoms with Crippen LogP contribution in [0.25, 0.3) is 0 Å². The molecule has 2 aromatic carbocycles. The predicted molar refractivity (Wildman–Crippen MR) is 124 cm³/mol. The second-order valence-corrected chi connectivity index (χ2v) is 8.40. The third-order valence-corrected chi connectivity index (χ3v) is 5.89. The number of anilines is 1. The Hall–Kier alpha value is -2.92. The maximum absolute atomic E-state index is 13.3. The molecule has 3 aromatic rings. The molecule has 182 valence electrons. The number of methoxy groups -OCH3 is 1. The Balaban J connectivity index is 1.69. The van der Waals surface area contributed by atoms with Gasteiger partial charge in [-0.3, -0.25) is 4.79 Å². The van der Waals surface area contributed by atoms with Gasteiger partial charge in [0.25, 0.3) is 0 Å². The molecule has 0 aliphatic heterocycles. The van der Waals surface area contributed by atoms with Crippen molar-refractivity contribution in [3.8, 4) is 11.5 Å². The lowest BCUT2D eigenvalue weighted by molar-refractivity contribution is -0.137. The lowest BCUT2D eigenvalue weighted by Gasteiger charge is -2.17. The molecule has 1 amide bonds. The van der Waals surface area contributed by atoms with E-state index in [1.807, 2.05) is 26.0 Å². The van der Waals surface area contributed by atoms with Crippen LogP contribution in [0.2, 0.25) is 5.02 Å². The van der Waals surface area contributed by atoms with Gasteiger partial charge in [-0.05, 0) is 44.2 Å². The van der Waals surface area contributed by atoms with Crippen molar-refractivity contribution < 1.29 is 27.4 Å². The number of carbonyl (C=O) groups excluding carboxylic acids is 1. The average molecular weight is 515 g/mol. The molecule has 1 aromatic heterocycles. The van der Waals surface area contributed by atoms with E-state index < -0.39 is 23.8 Å². The topological polar surface area (TPSA) is 78.3 Å². The van der Waals surface area contributed by atoms with E-state index in [1.54, 1.807) is 23.8 Å². The summed E-state index contributed by atoms with van der Waals surface area (Å²) in [5.74, 6) is 0.861. The number of rotatable bonds is 9. The maximum Gasteiger partial charge on any atom is 0.418 e. The van der Waals surface area contributed by atoms with Crippen LogP contribution in [0.15, 0.2) is 47.6 Å². The van der Waals surface area contributed by atoms with Crippen molar-refractivity contribution >= 4 is 35.0 Å². The standard InChI is InChI=1S/C22H22ClF3N4O3S/c1-4-30-20(13(2)33-18-8-6-5-7-17(18)32-3)28-29-21(30)34-12-19(31)27-16-10-9-14(23)11-15(16)22(24,25)26/h5-11,13H,4,12H2,1-3H3,(H,27,31). The Kier molecular flexibility index (Phi) is 8.32. The Labute approximate surface area is 203 Å². The fourth-order valence-corrected chi connectivity index (χ4v) is 4.12. The quantitative estimate of drug-likeness (QED) is 0.361. The van der Waals surface area contributed by atoms with Crippen molar-refractivity contribution in [1.29, 1.82) is 0 Å². The minimum Gasteiger partial charge on any atom is -0.493 e. The second-order valence-electron chi connectivity index (χ2n) is 7.02. The number of benzene rings is 2. The number of amides is 1. The Morgan fingerprint density at radius 2 is 1.91 bits per heavy atom. The molecular formula is C22H22ClF3N4O3S. The van der Waals surface area contributed by atoms with Crippen LogP contribution in [0, 0.1) is 0 Å². The minimum atomic E-state index is -4.66. The fourth-order valence-electron chi connectivity index (χ4n) is 3.14. The summed E-state index contributed by atoms with van der Waals surface area (Å²) in [6.07, 6.45) is -5.13. The van der Waals surface area contributed by atoms with E-state index in [0.717, 1.165) is 23.9 Å². The fraction of sp³-hybridized carbons (Fsp3) is 0.318. The zero-order chi connectivity index (χ0) is 24.9. The molecule has 0 aliphatic carbocycles. The van der Waals surface area contributed by atoms with E-state index >= 15 is 0 Å². The zero-order valence-electron chi connectivity index (χ0n) is 18.5. The summed E-state index contributed by atoms with van der Waals surface area (Å²) < 4.78 is 52.8. The normalized spacial score (nSPS) is 12.3. The van der Waals surface area contributed by atoms with Gasteiger partial charge in [-0.2, -0.15) is 13.2 Å². The van der Waals surface area contributed by atoms with Gasteiger partial charge in [-0.15, -0.1) is 10.2 Å². The molecule has 1 unspecified atom stereocenters. The van der Waals surface area contributed by atoms with Crippen molar-refractivity contribution in [2.24, 2.45) is 0 Å². The SMILES string of the molecule is CCn1c(SCC(=O)Nc2ccc(Cl)cc2C(F)(F)F)nnc1C(C)Oc1ccccc1OC. The number of nitrogens with zero attached hydrogens (tertiary/aromatic N) is 3. The van der Waals surface area contributed by atoms with E-state index in [9.17, 15) is 18.0 Å². The van der Waals surface area contributed by atoms with Gasteiger partial charge in [0.05, 0.1) is 24.1 Å². The van der Waals surface area contributed by atoms with Gasteiger partial charge in [-0.1, -0.05) is 35.5 Å². The summed E-state index contributed by atoms with van der Waals surface area (Å²) in [7, 11) is 1.54. The van der Waals surface area contributed by atoms with Gasteiger partial charge >= 0.3 is 6.18 Å². The van der Waals surface area contributed by atoms with E-state index in [0.29, 0.717) is 29.0 Å². The molecule has 0 spiro atoms. The Bertz CT molecular complexity index is 1160. The first kappa shape index (κ1) is 25.7. The molecule has 34 heavy (non-hydrogen) atoms. The number of para-hydroxylation sites is 2. The molecule has 12 heteroatoms. The predicted octanol–water partition coefficient (Wildman–Crippen LogP) is 5.85. The van der Waals surface area contributed by atoms with Crippen molar-refractivity contribution in [3.05, 3.63) is 58.9 Å². The Morgan fingerprint density at radius 1 is 1.21 bits per heavy atom. The van der Waals surface area contributed by atoms with Gasteiger partial charge in [0, 0.05) is 11.6 Å². The number of thioether (sulfide) groups is 1. The summed E-state index contributed by atoms with van der Waals surface area (Å²) in [6.45, 7) is 4.19. The van der Waals surface area contributed by atoms with Crippen LogP contribution < -0.4 is 14.8 Å². The largest absolute Gasteiger partial charge is 0.493 e. The average Bonchev–Trinajstić information content (AvgIpc) is 3.21. The lowest BCUT2D eigenvalue weighted by atomic mass is 10.1. The Morgan fingerprint density at radius 3 is 2.56 bits per heavy atom. The van der Waals surface area contributed by atoms with Crippen molar-refractivity contribution in [3.63, 3.8) is 0 Å². The lowest BCUT2D eigenvalue weighted by Crippen LogP contribution is -2.18. The number of carbonyl (C=O) groups is 1. The first-order chi connectivity index (χ1) is 16.1. The molecule has 1 atom stereocenters. The van der Waals surface area contributed by atoms with Gasteiger partial charge in [0.2, 0.25) is 5.91 Å². The van der Waals surface area contributed by atoms with Crippen LogP contribution in [0.4, 0.5) is 18.9 Å². The molecule has 0 saturated carbocycles. The van der Waals surface area contributed by atoms with E-state index in [2.05, 4.69) is 15.5 Å². The highest BCUT2D eigenvalue weighted by Gasteiger charge is 2.34. The first-order valence-electron chi connectivity index (χ1n) is 10.2. The highest BCUT2D eigenvalue weighted by molar-refractivity contribution is 7.99. The van der Waals surface area contributed by atoms with E-state index in [1.165, 1.54) is 6.07 Å². The molecule has 1 heterocycles. The summed E-state index contributed by atoms with van der Waals surface area (Å²) in [4.78, 5) is 12.4. The van der Waals surface area contributed by atoms with Crippen LogP contribution in [0.5, 0.6) is 11.5 Å². The summed E-state index contributed by atoms with van der Waals surface area (Å²) in [5, 5.41) is 11.0. The number of aromatic nitrogens is 3. The zero-order valence-corrected chi connectivity index (χ0v) is 20.1. The highest BCUT2D eigenvalue weighted by atomic mass is 35.5. The molecule has 0 saturated heterocycles. The van der Waals surface area contributed by atoms with Gasteiger partial charge < -0.3 is 19.4 Å². The summed E-state index contributed by atoms with van der Waals surface area (Å²) in [6, 6.07) is 10.4. The van der Waals surface area contributed by atoms with E-state index in [4.69, 9.17) is 21.1 Å². The number of alkyl halides is 3. The summed E-state index contributed by atoms with van der Waals surface area (Å²) in [5.41, 5.74) is -1.38. The van der Waals surface area contributed by atoms with Gasteiger partial charge in [0.15, 0.2) is 28.6 Å². The number of halogens is 4. The van der Waals surface area contributed by atoms with Gasteiger partial charge in [0.1, 0.15) is 0 Å². The third-order valence-electron chi connectivity index (χ3n) is 4.69. The van der Waals surface area contributed by atoms with Crippen LogP contribution >= 0.6 is 23.4 Å². The molecule has 0 bridgehead atoms. The molecule has 7 nitrogen and oxygen atoms in total.